The predicted octanol–water partition coefficient (Wildman–Crippen LogP) is 3.08. The van der Waals surface area contributed by atoms with Crippen molar-refractivity contribution in [2.45, 2.75) is 6.42 Å². The molecule has 1 nitrogen and oxygen atoms in total. The molecule has 0 aliphatic heterocycles. The highest BCUT2D eigenvalue weighted by Crippen LogP contribution is 2.20. The summed E-state index contributed by atoms with van der Waals surface area (Å²) in [6.07, 6.45) is 4.08. The van der Waals surface area contributed by atoms with Crippen molar-refractivity contribution < 1.29 is 9.18 Å². The quantitative estimate of drug-likeness (QED) is 0.683. The summed E-state index contributed by atoms with van der Waals surface area (Å²) >= 11 is 5.73. The molecule has 0 unspecified atom stereocenters. The van der Waals surface area contributed by atoms with Gasteiger partial charge < -0.3 is 4.79 Å². The van der Waals surface area contributed by atoms with Crippen molar-refractivity contribution in [1.82, 2.24) is 0 Å². The highest BCUT2D eigenvalue weighted by Gasteiger charge is 2.01. The van der Waals surface area contributed by atoms with Crippen LogP contribution in [0.1, 0.15) is 12.0 Å². The summed E-state index contributed by atoms with van der Waals surface area (Å²) in [5, 5.41) is 0.349. The number of benzene rings is 1. The lowest BCUT2D eigenvalue weighted by Crippen LogP contribution is -1.82. The van der Waals surface area contributed by atoms with Crippen LogP contribution in [0.3, 0.4) is 0 Å². The minimum Gasteiger partial charge on any atom is -0.303 e. The molecule has 0 N–H and O–H groups in total. The third kappa shape index (κ3) is 2.67. The topological polar surface area (TPSA) is 17.1 Å². The van der Waals surface area contributed by atoms with Gasteiger partial charge in [-0.05, 0) is 12.1 Å². The Morgan fingerprint density at radius 3 is 2.85 bits per heavy atom. The third-order valence-corrected chi connectivity index (χ3v) is 1.85. The fourth-order valence-electron chi connectivity index (χ4n) is 0.911. The average Bonchev–Trinajstić information content (AvgIpc) is 2.10. The monoisotopic (exact) mass is 198 g/mol. The molecule has 0 aliphatic carbocycles. The number of carbonyl (C=O) groups is 1. The SMILES string of the molecule is O=CCC=Cc1c(F)cccc1Cl. The molecule has 0 spiro atoms. The lowest BCUT2D eigenvalue weighted by Gasteiger charge is -1.98. The van der Waals surface area contributed by atoms with Gasteiger partial charge in [0, 0.05) is 12.0 Å². The number of aldehydes is 1. The van der Waals surface area contributed by atoms with E-state index in [2.05, 4.69) is 0 Å². The molecule has 0 fully saturated rings. The summed E-state index contributed by atoms with van der Waals surface area (Å²) in [5.74, 6) is -0.380. The van der Waals surface area contributed by atoms with E-state index in [4.69, 9.17) is 11.6 Å². The standard InChI is InChI=1S/C10H8ClFO/c11-9-5-3-6-10(12)8(9)4-1-2-7-13/h1,3-7H,2H2. The molecule has 0 radical (unpaired) electrons. The largest absolute Gasteiger partial charge is 0.303 e. The molecule has 0 aliphatic rings. The minimum absolute atomic E-state index is 0.269. The summed E-state index contributed by atoms with van der Waals surface area (Å²) in [4.78, 5) is 9.99. The third-order valence-electron chi connectivity index (χ3n) is 1.52. The van der Waals surface area contributed by atoms with Crippen LogP contribution in [0.25, 0.3) is 6.08 Å². The lowest BCUT2D eigenvalue weighted by atomic mass is 10.2. The molecular formula is C10H8ClFO. The molecule has 1 aromatic carbocycles. The van der Waals surface area contributed by atoms with Crippen LogP contribution in [-0.2, 0) is 4.79 Å². The van der Waals surface area contributed by atoms with Crippen LogP contribution in [-0.4, -0.2) is 6.29 Å². The second-order valence-electron chi connectivity index (χ2n) is 2.44. The van der Waals surface area contributed by atoms with Crippen molar-refractivity contribution >= 4 is 24.0 Å². The van der Waals surface area contributed by atoms with Crippen LogP contribution >= 0.6 is 11.6 Å². The van der Waals surface area contributed by atoms with E-state index in [1.807, 2.05) is 0 Å². The zero-order valence-corrected chi connectivity index (χ0v) is 7.59. The van der Waals surface area contributed by atoms with Gasteiger partial charge in [0.25, 0.3) is 0 Å². The van der Waals surface area contributed by atoms with E-state index >= 15 is 0 Å². The highest BCUT2D eigenvalue weighted by atomic mass is 35.5. The Morgan fingerprint density at radius 1 is 1.46 bits per heavy atom. The Balaban J connectivity index is 2.92. The predicted molar refractivity (Wildman–Crippen MR) is 51.1 cm³/mol. The van der Waals surface area contributed by atoms with E-state index in [9.17, 15) is 9.18 Å². The van der Waals surface area contributed by atoms with Crippen molar-refractivity contribution in [2.24, 2.45) is 0 Å². The Bertz CT molecular complexity index is 313. The Kier molecular flexibility index (Phi) is 3.65. The van der Waals surface area contributed by atoms with Crippen LogP contribution in [0.2, 0.25) is 5.02 Å². The van der Waals surface area contributed by atoms with Gasteiger partial charge >= 0.3 is 0 Å². The zero-order chi connectivity index (χ0) is 9.68. The van der Waals surface area contributed by atoms with Crippen molar-refractivity contribution in [1.29, 1.82) is 0 Å². The first-order valence-corrected chi connectivity index (χ1v) is 4.17. The maximum absolute atomic E-state index is 13.1. The molecule has 0 atom stereocenters. The smallest absolute Gasteiger partial charge is 0.131 e. The van der Waals surface area contributed by atoms with Crippen LogP contribution in [0.4, 0.5) is 4.39 Å². The normalized spacial score (nSPS) is 10.6. The lowest BCUT2D eigenvalue weighted by molar-refractivity contribution is -0.107. The molecule has 13 heavy (non-hydrogen) atoms. The number of halogens is 2. The number of allylic oxidation sites excluding steroid dienone is 1. The Labute approximate surface area is 80.8 Å². The summed E-state index contributed by atoms with van der Waals surface area (Å²) in [7, 11) is 0. The van der Waals surface area contributed by atoms with Crippen molar-refractivity contribution in [3.05, 3.63) is 40.7 Å². The molecule has 0 saturated carbocycles. The van der Waals surface area contributed by atoms with Gasteiger partial charge in [0.05, 0.1) is 5.02 Å². The summed E-state index contributed by atoms with van der Waals surface area (Å²) < 4.78 is 13.1. The van der Waals surface area contributed by atoms with Crippen molar-refractivity contribution in [3.63, 3.8) is 0 Å². The molecule has 0 heterocycles. The molecule has 0 saturated heterocycles. The molecule has 0 bridgehead atoms. The van der Waals surface area contributed by atoms with Crippen LogP contribution in [0, 0.1) is 5.82 Å². The maximum Gasteiger partial charge on any atom is 0.131 e. The van der Waals surface area contributed by atoms with Crippen molar-refractivity contribution in [2.75, 3.05) is 0 Å². The van der Waals surface area contributed by atoms with Gasteiger partial charge in [-0.2, -0.15) is 0 Å². The second kappa shape index (κ2) is 4.77. The number of hydrogen-bond donors (Lipinski definition) is 0. The summed E-state index contributed by atoms with van der Waals surface area (Å²) in [6, 6.07) is 4.46. The molecule has 0 amide bonds. The molecular weight excluding hydrogens is 191 g/mol. The van der Waals surface area contributed by atoms with Gasteiger partial charge in [-0.15, -0.1) is 0 Å². The first-order chi connectivity index (χ1) is 6.25. The zero-order valence-electron chi connectivity index (χ0n) is 6.84. The number of hydrogen-bond acceptors (Lipinski definition) is 1. The van der Waals surface area contributed by atoms with Crippen LogP contribution in [0.5, 0.6) is 0 Å². The molecule has 0 aromatic heterocycles. The van der Waals surface area contributed by atoms with E-state index in [0.29, 0.717) is 10.6 Å². The summed E-state index contributed by atoms with van der Waals surface area (Å²) in [6.45, 7) is 0. The molecule has 3 heteroatoms. The Hall–Kier alpha value is -1.15. The maximum atomic E-state index is 13.1. The minimum atomic E-state index is -0.380. The van der Waals surface area contributed by atoms with Crippen molar-refractivity contribution in [3.8, 4) is 0 Å². The van der Waals surface area contributed by atoms with E-state index in [-0.39, 0.29) is 12.2 Å². The van der Waals surface area contributed by atoms with Crippen LogP contribution in [0.15, 0.2) is 24.3 Å². The van der Waals surface area contributed by atoms with Gasteiger partial charge in [0.1, 0.15) is 12.1 Å². The molecule has 1 aromatic rings. The van der Waals surface area contributed by atoms with E-state index < -0.39 is 0 Å². The van der Waals surface area contributed by atoms with E-state index in [1.54, 1.807) is 12.1 Å². The van der Waals surface area contributed by atoms with Gasteiger partial charge in [0.2, 0.25) is 0 Å². The number of carbonyl (C=O) groups excluding carboxylic acids is 1. The molecule has 68 valence electrons. The van der Waals surface area contributed by atoms with Crippen LogP contribution < -0.4 is 0 Å². The fourth-order valence-corrected chi connectivity index (χ4v) is 1.14. The van der Waals surface area contributed by atoms with E-state index in [1.165, 1.54) is 18.2 Å². The van der Waals surface area contributed by atoms with E-state index in [0.717, 1.165) is 6.29 Å². The van der Waals surface area contributed by atoms with Gasteiger partial charge in [-0.3, -0.25) is 0 Å². The second-order valence-corrected chi connectivity index (χ2v) is 2.85. The highest BCUT2D eigenvalue weighted by molar-refractivity contribution is 6.32. The summed E-state index contributed by atoms with van der Waals surface area (Å²) in [5.41, 5.74) is 0.325. The van der Waals surface area contributed by atoms with Gasteiger partial charge in [-0.1, -0.05) is 29.8 Å². The molecule has 1 rings (SSSR count). The number of rotatable bonds is 3. The first kappa shape index (κ1) is 9.93. The van der Waals surface area contributed by atoms with Gasteiger partial charge in [0.15, 0.2) is 0 Å². The average molecular weight is 199 g/mol. The Morgan fingerprint density at radius 2 is 2.23 bits per heavy atom. The van der Waals surface area contributed by atoms with Gasteiger partial charge in [-0.25, -0.2) is 4.39 Å². The fraction of sp³-hybridized carbons (Fsp3) is 0.100. The first-order valence-electron chi connectivity index (χ1n) is 3.80.